The maximum atomic E-state index is 12.1. The maximum absolute atomic E-state index is 12.1. The molecule has 0 radical (unpaired) electrons. The zero-order chi connectivity index (χ0) is 18.3. The lowest BCUT2D eigenvalue weighted by molar-refractivity contribution is 0.0954. The molecule has 2 rings (SSSR count). The summed E-state index contributed by atoms with van der Waals surface area (Å²) < 4.78 is 31.8. The summed E-state index contributed by atoms with van der Waals surface area (Å²) >= 11 is 0. The summed E-state index contributed by atoms with van der Waals surface area (Å²) in [6.45, 7) is 2.62. The van der Waals surface area contributed by atoms with E-state index >= 15 is 0 Å². The first-order valence-corrected chi connectivity index (χ1v) is 9.33. The van der Waals surface area contributed by atoms with Gasteiger partial charge in [0.15, 0.2) is 0 Å². The minimum Gasteiger partial charge on any atom is -0.380 e. The van der Waals surface area contributed by atoms with Crippen molar-refractivity contribution in [1.82, 2.24) is 10.0 Å². The minimum atomic E-state index is -3.57. The molecule has 0 aromatic heterocycles. The Morgan fingerprint density at radius 1 is 1.08 bits per heavy atom. The van der Waals surface area contributed by atoms with Crippen LogP contribution >= 0.6 is 0 Å². The summed E-state index contributed by atoms with van der Waals surface area (Å²) in [6.07, 6.45) is 0. The Balaban J connectivity index is 1.85. The van der Waals surface area contributed by atoms with Crippen molar-refractivity contribution in [2.75, 3.05) is 20.2 Å². The molecule has 2 aromatic rings. The van der Waals surface area contributed by atoms with Gasteiger partial charge in [0.05, 0.1) is 11.5 Å². The van der Waals surface area contributed by atoms with Crippen LogP contribution < -0.4 is 10.0 Å². The molecule has 7 heteroatoms. The maximum Gasteiger partial charge on any atom is 0.251 e. The van der Waals surface area contributed by atoms with Crippen molar-refractivity contribution < 1.29 is 17.9 Å². The van der Waals surface area contributed by atoms with Gasteiger partial charge in [0.2, 0.25) is 10.0 Å². The Hall–Kier alpha value is -2.22. The van der Waals surface area contributed by atoms with Gasteiger partial charge in [-0.2, -0.15) is 0 Å². The van der Waals surface area contributed by atoms with Crippen LogP contribution in [0.25, 0.3) is 0 Å². The number of benzene rings is 2. The van der Waals surface area contributed by atoms with E-state index in [0.717, 1.165) is 11.1 Å². The third-order valence-corrected chi connectivity index (χ3v) is 5.01. The fourth-order valence-electron chi connectivity index (χ4n) is 2.23. The number of methoxy groups -OCH3 is 1. The molecule has 0 spiro atoms. The van der Waals surface area contributed by atoms with Crippen LogP contribution in [0.15, 0.2) is 53.4 Å². The van der Waals surface area contributed by atoms with E-state index in [-0.39, 0.29) is 23.9 Å². The summed E-state index contributed by atoms with van der Waals surface area (Å²) in [5.74, 6) is -0.257. The molecule has 0 aliphatic carbocycles. The van der Waals surface area contributed by atoms with E-state index < -0.39 is 10.0 Å². The zero-order valence-corrected chi connectivity index (χ0v) is 15.1. The molecule has 2 N–H and O–H groups in total. The first-order chi connectivity index (χ1) is 11.9. The Kier molecular flexibility index (Phi) is 6.69. The van der Waals surface area contributed by atoms with Crippen LogP contribution in [0.4, 0.5) is 0 Å². The van der Waals surface area contributed by atoms with Crippen molar-refractivity contribution in [1.29, 1.82) is 0 Å². The molecule has 0 unspecified atom stereocenters. The Morgan fingerprint density at radius 2 is 1.80 bits per heavy atom. The second-order valence-corrected chi connectivity index (χ2v) is 7.37. The molecule has 0 aliphatic heterocycles. The summed E-state index contributed by atoms with van der Waals surface area (Å²) in [6, 6.07) is 13.7. The van der Waals surface area contributed by atoms with Crippen LogP contribution in [-0.2, 0) is 21.4 Å². The van der Waals surface area contributed by atoms with Gasteiger partial charge in [-0.25, -0.2) is 13.1 Å². The summed E-state index contributed by atoms with van der Waals surface area (Å²) in [5, 5.41) is 2.69. The van der Waals surface area contributed by atoms with Gasteiger partial charge in [-0.3, -0.25) is 4.79 Å². The largest absolute Gasteiger partial charge is 0.380 e. The van der Waals surface area contributed by atoms with Crippen molar-refractivity contribution >= 4 is 15.9 Å². The molecule has 1 amide bonds. The van der Waals surface area contributed by atoms with Crippen LogP contribution in [0.5, 0.6) is 0 Å². The SMILES string of the molecule is COCc1cccc(C(=O)NCCNS(=O)(=O)c2ccc(C)cc2)c1. The molecule has 6 nitrogen and oxygen atoms in total. The molecule has 0 bridgehead atoms. The number of sulfonamides is 1. The molecule has 0 saturated heterocycles. The van der Waals surface area contributed by atoms with Crippen LogP contribution in [0, 0.1) is 6.92 Å². The highest BCUT2D eigenvalue weighted by atomic mass is 32.2. The van der Waals surface area contributed by atoms with Gasteiger partial charge in [-0.1, -0.05) is 29.8 Å². The van der Waals surface area contributed by atoms with Crippen LogP contribution in [0.3, 0.4) is 0 Å². The summed E-state index contributed by atoms with van der Waals surface area (Å²) in [5.41, 5.74) is 2.40. The predicted octanol–water partition coefficient (Wildman–Crippen LogP) is 1.85. The molecule has 0 heterocycles. The fourth-order valence-corrected chi connectivity index (χ4v) is 3.27. The van der Waals surface area contributed by atoms with E-state index in [9.17, 15) is 13.2 Å². The average molecular weight is 362 g/mol. The lowest BCUT2D eigenvalue weighted by Crippen LogP contribution is -2.34. The topological polar surface area (TPSA) is 84.5 Å². The van der Waals surface area contributed by atoms with E-state index in [4.69, 9.17) is 4.74 Å². The number of carbonyl (C=O) groups is 1. The van der Waals surface area contributed by atoms with E-state index in [1.54, 1.807) is 49.6 Å². The predicted molar refractivity (Wildman–Crippen MR) is 95.9 cm³/mol. The minimum absolute atomic E-state index is 0.111. The van der Waals surface area contributed by atoms with Crippen molar-refractivity contribution in [3.63, 3.8) is 0 Å². The Morgan fingerprint density at radius 3 is 2.48 bits per heavy atom. The summed E-state index contributed by atoms with van der Waals surface area (Å²) in [7, 11) is -1.98. The van der Waals surface area contributed by atoms with Gasteiger partial charge in [0.25, 0.3) is 5.91 Å². The Labute approximate surface area is 148 Å². The monoisotopic (exact) mass is 362 g/mol. The van der Waals surface area contributed by atoms with E-state index in [0.29, 0.717) is 12.2 Å². The van der Waals surface area contributed by atoms with Gasteiger partial charge < -0.3 is 10.1 Å². The molecule has 0 saturated carbocycles. The molecule has 0 fully saturated rings. The first-order valence-electron chi connectivity index (χ1n) is 7.85. The fraction of sp³-hybridized carbons (Fsp3) is 0.278. The van der Waals surface area contributed by atoms with E-state index in [1.165, 1.54) is 0 Å². The highest BCUT2D eigenvalue weighted by molar-refractivity contribution is 7.89. The number of ether oxygens (including phenoxy) is 1. The van der Waals surface area contributed by atoms with Gasteiger partial charge in [-0.05, 0) is 36.8 Å². The van der Waals surface area contributed by atoms with Gasteiger partial charge in [0.1, 0.15) is 0 Å². The van der Waals surface area contributed by atoms with Crippen LogP contribution in [-0.4, -0.2) is 34.5 Å². The quantitative estimate of drug-likeness (QED) is 0.702. The smallest absolute Gasteiger partial charge is 0.251 e. The highest BCUT2D eigenvalue weighted by Gasteiger charge is 2.13. The Bertz CT molecular complexity index is 817. The molecule has 0 aliphatic rings. The molecule has 0 atom stereocenters. The van der Waals surface area contributed by atoms with Gasteiger partial charge >= 0.3 is 0 Å². The molecular weight excluding hydrogens is 340 g/mol. The highest BCUT2D eigenvalue weighted by Crippen LogP contribution is 2.09. The molecule has 25 heavy (non-hydrogen) atoms. The molecular formula is C18H22N2O4S. The van der Waals surface area contributed by atoms with Gasteiger partial charge in [-0.15, -0.1) is 0 Å². The number of nitrogens with one attached hydrogen (secondary N) is 2. The van der Waals surface area contributed by atoms with E-state index in [1.807, 2.05) is 13.0 Å². The van der Waals surface area contributed by atoms with E-state index in [2.05, 4.69) is 10.0 Å². The third-order valence-electron chi connectivity index (χ3n) is 3.53. The second-order valence-electron chi connectivity index (χ2n) is 5.60. The second kappa shape index (κ2) is 8.75. The lowest BCUT2D eigenvalue weighted by Gasteiger charge is -2.09. The number of aryl methyl sites for hydroxylation is 1. The van der Waals surface area contributed by atoms with Crippen molar-refractivity contribution in [3.8, 4) is 0 Å². The van der Waals surface area contributed by atoms with Crippen molar-refractivity contribution in [2.24, 2.45) is 0 Å². The van der Waals surface area contributed by atoms with Crippen LogP contribution in [0.1, 0.15) is 21.5 Å². The van der Waals surface area contributed by atoms with Crippen molar-refractivity contribution in [3.05, 3.63) is 65.2 Å². The molecule has 134 valence electrons. The van der Waals surface area contributed by atoms with Gasteiger partial charge in [0, 0.05) is 25.8 Å². The number of rotatable bonds is 8. The number of carbonyl (C=O) groups excluding carboxylic acids is 1. The van der Waals surface area contributed by atoms with Crippen LogP contribution in [0.2, 0.25) is 0 Å². The lowest BCUT2D eigenvalue weighted by atomic mass is 10.1. The number of hydrogen-bond donors (Lipinski definition) is 2. The average Bonchev–Trinajstić information content (AvgIpc) is 2.59. The first kappa shape index (κ1) is 19.1. The number of hydrogen-bond acceptors (Lipinski definition) is 4. The number of amides is 1. The summed E-state index contributed by atoms with van der Waals surface area (Å²) in [4.78, 5) is 12.3. The standard InChI is InChI=1S/C18H22N2O4S/c1-14-6-8-17(9-7-14)25(22,23)20-11-10-19-18(21)16-5-3-4-15(12-16)13-24-2/h3-9,12,20H,10-11,13H2,1-2H3,(H,19,21). The zero-order valence-electron chi connectivity index (χ0n) is 14.3. The molecule has 2 aromatic carbocycles. The normalized spacial score (nSPS) is 11.3. The third kappa shape index (κ3) is 5.67. The van der Waals surface area contributed by atoms with Crippen molar-refractivity contribution in [2.45, 2.75) is 18.4 Å².